The predicted molar refractivity (Wildman–Crippen MR) is 76.8 cm³/mol. The zero-order chi connectivity index (χ0) is 15.0. The molecule has 0 saturated carbocycles. The minimum atomic E-state index is -0.739. The first-order valence-corrected chi connectivity index (χ1v) is 6.21. The highest BCUT2D eigenvalue weighted by Crippen LogP contribution is 2.02. The maximum Gasteiger partial charge on any atom is 0.251 e. The molecular formula is C13H19ClN5O2-. The zero-order valence-corrected chi connectivity index (χ0v) is 12.2. The summed E-state index contributed by atoms with van der Waals surface area (Å²) in [6.07, 6.45) is 0.922. The summed E-state index contributed by atoms with van der Waals surface area (Å²) in [6.45, 7) is 0.382. The molecule has 1 rings (SSSR count). The molecule has 2 amide bonds. The molecule has 0 bridgehead atoms. The van der Waals surface area contributed by atoms with Crippen molar-refractivity contribution in [2.75, 3.05) is 6.54 Å². The number of hydrogen-bond donors (Lipinski definition) is 4. The van der Waals surface area contributed by atoms with E-state index in [9.17, 15) is 9.59 Å². The smallest absolute Gasteiger partial charge is 0.251 e. The molecule has 0 heterocycles. The largest absolute Gasteiger partial charge is 1.00 e. The van der Waals surface area contributed by atoms with Gasteiger partial charge in [-0.3, -0.25) is 14.6 Å². The SMILES string of the molecule is NC(=O)C(CCCN=C(N)N)NC(=O)c1ccccc1.[Cl-]. The fourth-order valence-electron chi connectivity index (χ4n) is 1.62. The van der Waals surface area contributed by atoms with E-state index in [1.54, 1.807) is 30.3 Å². The van der Waals surface area contributed by atoms with Crippen molar-refractivity contribution in [2.45, 2.75) is 18.9 Å². The van der Waals surface area contributed by atoms with Crippen molar-refractivity contribution in [3.63, 3.8) is 0 Å². The number of nitrogens with zero attached hydrogens (tertiary/aromatic N) is 1. The van der Waals surface area contributed by atoms with Crippen LogP contribution in [0.25, 0.3) is 0 Å². The zero-order valence-electron chi connectivity index (χ0n) is 11.5. The van der Waals surface area contributed by atoms with E-state index in [0.29, 0.717) is 24.9 Å². The van der Waals surface area contributed by atoms with E-state index in [2.05, 4.69) is 10.3 Å². The van der Waals surface area contributed by atoms with Crippen molar-refractivity contribution in [2.24, 2.45) is 22.2 Å². The Labute approximate surface area is 129 Å². The lowest BCUT2D eigenvalue weighted by Gasteiger charge is -2.14. The van der Waals surface area contributed by atoms with Crippen LogP contribution in [0.2, 0.25) is 0 Å². The fourth-order valence-corrected chi connectivity index (χ4v) is 1.62. The summed E-state index contributed by atoms with van der Waals surface area (Å²) in [5.41, 5.74) is 16.1. The van der Waals surface area contributed by atoms with Gasteiger partial charge in [-0.15, -0.1) is 0 Å². The highest BCUT2D eigenvalue weighted by molar-refractivity contribution is 5.97. The molecule has 0 saturated heterocycles. The second kappa shape index (κ2) is 9.60. The van der Waals surface area contributed by atoms with Gasteiger partial charge >= 0.3 is 0 Å². The molecule has 1 aromatic rings. The van der Waals surface area contributed by atoms with Crippen LogP contribution in [0.4, 0.5) is 0 Å². The third kappa shape index (κ3) is 7.17. The van der Waals surface area contributed by atoms with Crippen LogP contribution < -0.4 is 34.9 Å². The van der Waals surface area contributed by atoms with Crippen LogP contribution in [0.15, 0.2) is 35.3 Å². The summed E-state index contributed by atoms with van der Waals surface area (Å²) < 4.78 is 0. The molecule has 0 spiro atoms. The van der Waals surface area contributed by atoms with Gasteiger partial charge in [-0.1, -0.05) is 18.2 Å². The Kier molecular flexibility index (Phi) is 8.55. The van der Waals surface area contributed by atoms with Gasteiger partial charge in [0, 0.05) is 12.1 Å². The lowest BCUT2D eigenvalue weighted by atomic mass is 10.1. The van der Waals surface area contributed by atoms with E-state index >= 15 is 0 Å². The van der Waals surface area contributed by atoms with Crippen LogP contribution in [0.1, 0.15) is 23.2 Å². The lowest BCUT2D eigenvalue weighted by Crippen LogP contribution is -3.00. The van der Waals surface area contributed by atoms with Crippen LogP contribution in [0.3, 0.4) is 0 Å². The molecule has 1 aromatic carbocycles. The van der Waals surface area contributed by atoms with Crippen molar-refractivity contribution >= 4 is 17.8 Å². The topological polar surface area (TPSA) is 137 Å². The molecule has 0 aromatic heterocycles. The minimum absolute atomic E-state index is 0. The highest BCUT2D eigenvalue weighted by Gasteiger charge is 2.18. The van der Waals surface area contributed by atoms with Crippen LogP contribution in [-0.4, -0.2) is 30.4 Å². The number of primary amides is 1. The van der Waals surface area contributed by atoms with Gasteiger partial charge in [0.25, 0.3) is 5.91 Å². The number of aliphatic imine (C=N–C) groups is 1. The van der Waals surface area contributed by atoms with Crippen LogP contribution in [-0.2, 0) is 4.79 Å². The Morgan fingerprint density at radius 2 is 1.76 bits per heavy atom. The monoisotopic (exact) mass is 312 g/mol. The Morgan fingerprint density at radius 3 is 2.29 bits per heavy atom. The van der Waals surface area contributed by atoms with Crippen molar-refractivity contribution in [3.05, 3.63) is 35.9 Å². The molecule has 21 heavy (non-hydrogen) atoms. The minimum Gasteiger partial charge on any atom is -1.00 e. The summed E-state index contributed by atoms with van der Waals surface area (Å²) in [5, 5.41) is 2.60. The Morgan fingerprint density at radius 1 is 1.14 bits per heavy atom. The van der Waals surface area contributed by atoms with Gasteiger partial charge in [-0.2, -0.15) is 0 Å². The standard InChI is InChI=1S/C13H19N5O2.ClH/c14-11(19)10(7-4-8-17-13(15)16)18-12(20)9-5-2-1-3-6-9;/h1-3,5-6,10H,4,7-8H2,(H2,14,19)(H,18,20)(H4,15,16,17);1H/p-1. The summed E-state index contributed by atoms with van der Waals surface area (Å²) in [4.78, 5) is 27.0. The Hall–Kier alpha value is -2.28. The molecule has 0 aliphatic heterocycles. The van der Waals surface area contributed by atoms with Crippen LogP contribution in [0.5, 0.6) is 0 Å². The maximum absolute atomic E-state index is 11.9. The highest BCUT2D eigenvalue weighted by atomic mass is 35.5. The number of hydrogen-bond acceptors (Lipinski definition) is 3. The molecule has 0 fully saturated rings. The number of carbonyl (C=O) groups is 2. The van der Waals surface area contributed by atoms with Crippen molar-refractivity contribution in [1.29, 1.82) is 0 Å². The lowest BCUT2D eigenvalue weighted by molar-refractivity contribution is -0.120. The Bertz CT molecular complexity index is 489. The number of halogens is 1. The maximum atomic E-state index is 11.9. The fraction of sp³-hybridized carbons (Fsp3) is 0.308. The predicted octanol–water partition coefficient (Wildman–Crippen LogP) is -3.67. The second-order valence-corrected chi connectivity index (χ2v) is 4.24. The van der Waals surface area contributed by atoms with Gasteiger partial charge in [0.15, 0.2) is 5.96 Å². The van der Waals surface area contributed by atoms with E-state index in [1.807, 2.05) is 0 Å². The number of rotatable bonds is 7. The molecule has 0 radical (unpaired) electrons. The molecule has 0 aliphatic carbocycles. The van der Waals surface area contributed by atoms with Crippen molar-refractivity contribution < 1.29 is 22.0 Å². The number of guanidine groups is 1. The molecule has 1 unspecified atom stereocenters. The number of nitrogens with one attached hydrogen (secondary N) is 1. The number of nitrogens with two attached hydrogens (primary N) is 3. The second-order valence-electron chi connectivity index (χ2n) is 4.24. The van der Waals surface area contributed by atoms with Gasteiger partial charge in [0.05, 0.1) is 0 Å². The summed E-state index contributed by atoms with van der Waals surface area (Å²) in [6, 6.07) is 7.87. The Balaban J connectivity index is 0.00000400. The van der Waals surface area contributed by atoms with Crippen molar-refractivity contribution in [3.8, 4) is 0 Å². The third-order valence-electron chi connectivity index (χ3n) is 2.63. The average molecular weight is 313 g/mol. The molecule has 8 heteroatoms. The summed E-state index contributed by atoms with van der Waals surface area (Å²) in [5.74, 6) is -0.927. The number of carbonyl (C=O) groups excluding carboxylic acids is 2. The average Bonchev–Trinajstić information content (AvgIpc) is 2.42. The van der Waals surface area contributed by atoms with E-state index in [-0.39, 0.29) is 24.3 Å². The molecular weight excluding hydrogens is 294 g/mol. The van der Waals surface area contributed by atoms with E-state index < -0.39 is 11.9 Å². The number of amides is 2. The molecule has 7 nitrogen and oxygen atoms in total. The van der Waals surface area contributed by atoms with Gasteiger partial charge in [-0.25, -0.2) is 0 Å². The van der Waals surface area contributed by atoms with Crippen molar-refractivity contribution in [1.82, 2.24) is 5.32 Å². The van der Waals surface area contributed by atoms with E-state index in [0.717, 1.165) is 0 Å². The van der Waals surface area contributed by atoms with Gasteiger partial charge < -0.3 is 34.9 Å². The molecule has 116 valence electrons. The first-order valence-electron chi connectivity index (χ1n) is 6.21. The quantitative estimate of drug-likeness (QED) is 0.234. The van der Waals surface area contributed by atoms with Gasteiger partial charge in [0.2, 0.25) is 5.91 Å². The normalized spacial score (nSPS) is 10.9. The van der Waals surface area contributed by atoms with Crippen LogP contribution in [0, 0.1) is 0 Å². The van der Waals surface area contributed by atoms with Gasteiger partial charge in [-0.05, 0) is 25.0 Å². The van der Waals surface area contributed by atoms with E-state index in [1.165, 1.54) is 0 Å². The molecule has 1 atom stereocenters. The first kappa shape index (κ1) is 18.7. The van der Waals surface area contributed by atoms with Gasteiger partial charge in [0.1, 0.15) is 6.04 Å². The summed E-state index contributed by atoms with van der Waals surface area (Å²) in [7, 11) is 0. The van der Waals surface area contributed by atoms with Crippen LogP contribution >= 0.6 is 0 Å². The molecule has 7 N–H and O–H groups in total. The number of benzene rings is 1. The summed E-state index contributed by atoms with van der Waals surface area (Å²) >= 11 is 0. The van der Waals surface area contributed by atoms with E-state index in [4.69, 9.17) is 17.2 Å². The third-order valence-corrected chi connectivity index (χ3v) is 2.63. The first-order chi connectivity index (χ1) is 9.50. The molecule has 0 aliphatic rings.